The van der Waals surface area contributed by atoms with Crippen LogP contribution in [0.15, 0.2) is 28.2 Å². The first kappa shape index (κ1) is 9.96. The van der Waals surface area contributed by atoms with Crippen molar-refractivity contribution in [3.63, 3.8) is 0 Å². The molecule has 0 bridgehead atoms. The molecule has 0 spiro atoms. The molecule has 0 N–H and O–H groups in total. The number of aryl methyl sites for hydroxylation is 1. The van der Waals surface area contributed by atoms with Gasteiger partial charge in [0, 0.05) is 9.81 Å². The number of hydrogen-bond acceptors (Lipinski definition) is 2. The summed E-state index contributed by atoms with van der Waals surface area (Å²) in [6, 6.07) is 5.30. The first-order valence-corrected chi connectivity index (χ1v) is 4.26. The van der Waals surface area contributed by atoms with Crippen LogP contribution in [0, 0.1) is 13.8 Å². The molecule has 0 heterocycles. The maximum atomic E-state index is 8.23. The van der Waals surface area contributed by atoms with Crippen molar-refractivity contribution >= 4 is 12.6 Å². The molecule has 13 heavy (non-hydrogen) atoms. The summed E-state index contributed by atoms with van der Waals surface area (Å²) in [5.41, 5.74) is 10.2. The normalized spacial score (nSPS) is 11.9. The molecular formula is C9H10N3S. The van der Waals surface area contributed by atoms with E-state index in [0.29, 0.717) is 0 Å². The average molecular weight is 192 g/mol. The second-order valence-electron chi connectivity index (χ2n) is 2.77. The highest BCUT2D eigenvalue weighted by molar-refractivity contribution is 7.80. The van der Waals surface area contributed by atoms with Crippen molar-refractivity contribution < 1.29 is 0 Å². The van der Waals surface area contributed by atoms with Crippen LogP contribution in [-0.4, -0.2) is 0 Å². The van der Waals surface area contributed by atoms with Crippen LogP contribution < -0.4 is 0 Å². The van der Waals surface area contributed by atoms with Crippen LogP contribution in [0.4, 0.5) is 0 Å². The van der Waals surface area contributed by atoms with Crippen molar-refractivity contribution in [2.24, 2.45) is 5.11 Å². The predicted octanol–water partition coefficient (Wildman–Crippen LogP) is 3.47. The number of thiol groups is 1. The molecular weight excluding hydrogens is 182 g/mol. The number of nitrogens with zero attached hydrogens (tertiary/aromatic N) is 3. The lowest BCUT2D eigenvalue weighted by molar-refractivity contribution is 0.888. The summed E-state index contributed by atoms with van der Waals surface area (Å²) in [6.45, 7) is 5.68. The van der Waals surface area contributed by atoms with E-state index in [4.69, 9.17) is 5.53 Å². The van der Waals surface area contributed by atoms with Crippen molar-refractivity contribution in [3.8, 4) is 0 Å². The third-order valence-corrected chi connectivity index (χ3v) is 2.30. The highest BCUT2D eigenvalue weighted by atomic mass is 32.1. The van der Waals surface area contributed by atoms with Crippen LogP contribution in [-0.2, 0) is 0 Å². The molecule has 67 valence electrons. The van der Waals surface area contributed by atoms with Gasteiger partial charge in [0.2, 0.25) is 0 Å². The summed E-state index contributed by atoms with van der Waals surface area (Å²) >= 11 is 4.24. The van der Waals surface area contributed by atoms with E-state index in [-0.39, 0.29) is 6.04 Å². The van der Waals surface area contributed by atoms with E-state index < -0.39 is 0 Å². The van der Waals surface area contributed by atoms with Crippen molar-refractivity contribution in [3.05, 3.63) is 46.7 Å². The fourth-order valence-electron chi connectivity index (χ4n) is 1.01. The first-order chi connectivity index (χ1) is 6.15. The Labute approximate surface area is 82.8 Å². The second kappa shape index (κ2) is 4.21. The largest absolute Gasteiger partial charge is 0.143 e. The van der Waals surface area contributed by atoms with Crippen LogP contribution in [0.25, 0.3) is 10.4 Å². The van der Waals surface area contributed by atoms with E-state index in [1.54, 1.807) is 0 Å². The van der Waals surface area contributed by atoms with Gasteiger partial charge >= 0.3 is 0 Å². The van der Waals surface area contributed by atoms with Crippen LogP contribution >= 0.6 is 12.6 Å². The summed E-state index contributed by atoms with van der Waals surface area (Å²) in [6.07, 6.45) is 0. The molecule has 1 rings (SSSR count). The standard InChI is InChI=1S/C9H10N3S/c1-6-5-8(3-4-9(6)13)7(2)11-12-10/h3-5,7,13H,2H2,1H3. The molecule has 0 saturated carbocycles. The lowest BCUT2D eigenvalue weighted by Crippen LogP contribution is -1.89. The Morgan fingerprint density at radius 2 is 2.31 bits per heavy atom. The third kappa shape index (κ3) is 2.41. The maximum absolute atomic E-state index is 8.23. The lowest BCUT2D eigenvalue weighted by Gasteiger charge is -2.06. The van der Waals surface area contributed by atoms with Gasteiger partial charge in [-0.15, -0.1) is 12.6 Å². The third-order valence-electron chi connectivity index (χ3n) is 1.80. The van der Waals surface area contributed by atoms with E-state index >= 15 is 0 Å². The summed E-state index contributed by atoms with van der Waals surface area (Å²) < 4.78 is 0. The zero-order chi connectivity index (χ0) is 9.84. The van der Waals surface area contributed by atoms with E-state index in [1.807, 2.05) is 25.1 Å². The van der Waals surface area contributed by atoms with E-state index in [2.05, 4.69) is 29.6 Å². The molecule has 0 amide bonds. The molecule has 0 aliphatic rings. The van der Waals surface area contributed by atoms with Crippen LogP contribution in [0.1, 0.15) is 17.2 Å². The summed E-state index contributed by atoms with van der Waals surface area (Å²) in [5, 5.41) is 3.51. The van der Waals surface area contributed by atoms with Gasteiger partial charge in [0.15, 0.2) is 0 Å². The van der Waals surface area contributed by atoms with Gasteiger partial charge in [-0.25, -0.2) is 0 Å². The van der Waals surface area contributed by atoms with Gasteiger partial charge < -0.3 is 0 Å². The van der Waals surface area contributed by atoms with Crippen LogP contribution in [0.2, 0.25) is 0 Å². The van der Waals surface area contributed by atoms with E-state index in [1.165, 1.54) is 0 Å². The highest BCUT2D eigenvalue weighted by Crippen LogP contribution is 2.21. The quantitative estimate of drug-likeness (QED) is 0.323. The fourth-order valence-corrected chi connectivity index (χ4v) is 1.15. The number of hydrogen-bond donors (Lipinski definition) is 1. The van der Waals surface area contributed by atoms with Gasteiger partial charge in [0.25, 0.3) is 0 Å². The molecule has 3 nitrogen and oxygen atoms in total. The van der Waals surface area contributed by atoms with Crippen molar-refractivity contribution in [1.82, 2.24) is 0 Å². The summed E-state index contributed by atoms with van der Waals surface area (Å²) in [7, 11) is 0. The molecule has 1 aromatic carbocycles. The zero-order valence-corrected chi connectivity index (χ0v) is 8.20. The van der Waals surface area contributed by atoms with Gasteiger partial charge in [0.05, 0.1) is 6.04 Å². The molecule has 0 aromatic heterocycles. The maximum Gasteiger partial charge on any atom is 0.0625 e. The monoisotopic (exact) mass is 192 g/mol. The van der Waals surface area contributed by atoms with Gasteiger partial charge in [-0.05, 0) is 36.6 Å². The zero-order valence-electron chi connectivity index (χ0n) is 7.31. The van der Waals surface area contributed by atoms with E-state index in [9.17, 15) is 0 Å². The number of rotatable bonds is 2. The SMILES string of the molecule is [CH2]C(N=[N+]=[N-])c1ccc(S)c(C)c1. The molecule has 1 atom stereocenters. The Bertz CT molecular complexity index is 356. The Hall–Kier alpha value is -1.12. The second-order valence-corrected chi connectivity index (χ2v) is 3.25. The predicted molar refractivity (Wildman–Crippen MR) is 55.7 cm³/mol. The molecule has 0 saturated heterocycles. The minimum Gasteiger partial charge on any atom is -0.143 e. The van der Waals surface area contributed by atoms with Gasteiger partial charge in [0.1, 0.15) is 0 Å². The highest BCUT2D eigenvalue weighted by Gasteiger charge is 2.03. The van der Waals surface area contributed by atoms with Gasteiger partial charge in [-0.3, -0.25) is 0 Å². The minimum atomic E-state index is -0.363. The van der Waals surface area contributed by atoms with Crippen molar-refractivity contribution in [2.75, 3.05) is 0 Å². The number of azide groups is 1. The Kier molecular flexibility index (Phi) is 3.23. The Morgan fingerprint density at radius 1 is 1.62 bits per heavy atom. The van der Waals surface area contributed by atoms with Crippen molar-refractivity contribution in [2.45, 2.75) is 17.9 Å². The molecule has 1 aromatic rings. The summed E-state index contributed by atoms with van der Waals surface area (Å²) in [4.78, 5) is 3.64. The first-order valence-electron chi connectivity index (χ1n) is 3.82. The van der Waals surface area contributed by atoms with Crippen LogP contribution in [0.5, 0.6) is 0 Å². The number of benzene rings is 1. The molecule has 4 heteroatoms. The van der Waals surface area contributed by atoms with Gasteiger partial charge in [-0.2, -0.15) is 0 Å². The smallest absolute Gasteiger partial charge is 0.0625 e. The molecule has 0 aliphatic carbocycles. The Balaban J connectivity index is 3.03. The van der Waals surface area contributed by atoms with Crippen LogP contribution in [0.3, 0.4) is 0 Å². The Morgan fingerprint density at radius 3 is 2.85 bits per heavy atom. The molecule has 0 fully saturated rings. The van der Waals surface area contributed by atoms with Crippen molar-refractivity contribution in [1.29, 1.82) is 0 Å². The minimum absolute atomic E-state index is 0.363. The molecule has 0 aliphatic heterocycles. The fraction of sp³-hybridized carbons (Fsp3) is 0.222. The average Bonchev–Trinajstić information content (AvgIpc) is 2.10. The van der Waals surface area contributed by atoms with Gasteiger partial charge in [-0.1, -0.05) is 17.2 Å². The lowest BCUT2D eigenvalue weighted by atomic mass is 10.1. The van der Waals surface area contributed by atoms with E-state index in [0.717, 1.165) is 16.0 Å². The molecule has 1 unspecified atom stereocenters. The molecule has 1 radical (unpaired) electrons. The topological polar surface area (TPSA) is 48.8 Å². The summed E-state index contributed by atoms with van der Waals surface area (Å²) in [5.74, 6) is 0.